The zero-order chi connectivity index (χ0) is 16.8. The fourth-order valence-corrected chi connectivity index (χ4v) is 2.35. The molecule has 122 valence electrons. The number of carbonyl (C=O) groups is 2. The van der Waals surface area contributed by atoms with Gasteiger partial charge in [0.05, 0.1) is 12.5 Å². The molecule has 0 bridgehead atoms. The first-order valence-corrected chi connectivity index (χ1v) is 7.25. The van der Waals surface area contributed by atoms with E-state index in [0.717, 1.165) is 18.4 Å². The molecule has 0 N–H and O–H groups in total. The van der Waals surface area contributed by atoms with Crippen LogP contribution in [0.25, 0.3) is 0 Å². The van der Waals surface area contributed by atoms with Gasteiger partial charge in [0.2, 0.25) is 5.91 Å². The highest BCUT2D eigenvalue weighted by atomic mass is 16.5. The lowest BCUT2D eigenvalue weighted by Crippen LogP contribution is -2.45. The summed E-state index contributed by atoms with van der Waals surface area (Å²) in [4.78, 5) is 25.6. The fourth-order valence-electron chi connectivity index (χ4n) is 2.35. The van der Waals surface area contributed by atoms with E-state index >= 15 is 0 Å². The van der Waals surface area contributed by atoms with Gasteiger partial charge in [0.1, 0.15) is 6.04 Å². The topological polar surface area (TPSA) is 55.8 Å². The van der Waals surface area contributed by atoms with Crippen molar-refractivity contribution in [3.05, 3.63) is 35.9 Å². The van der Waals surface area contributed by atoms with Gasteiger partial charge in [-0.1, -0.05) is 30.3 Å². The summed E-state index contributed by atoms with van der Waals surface area (Å²) >= 11 is 0. The van der Waals surface area contributed by atoms with Gasteiger partial charge < -0.3 is 14.4 Å². The van der Waals surface area contributed by atoms with Crippen molar-refractivity contribution in [1.82, 2.24) is 4.90 Å². The van der Waals surface area contributed by atoms with Crippen LogP contribution in [-0.4, -0.2) is 51.2 Å². The van der Waals surface area contributed by atoms with Crippen LogP contribution in [0.15, 0.2) is 30.3 Å². The predicted octanol–water partition coefficient (Wildman–Crippen LogP) is 2.00. The number of ether oxygens (including phenoxy) is 2. The molecule has 0 unspecified atom stereocenters. The number of esters is 1. The number of likely N-dealkylation sites (N-methyl/N-ethyl adjacent to an activating group) is 1. The number of hydrogen-bond acceptors (Lipinski definition) is 4. The summed E-state index contributed by atoms with van der Waals surface area (Å²) in [6, 6.07) is 9.20. The molecular formula is C17H25NO4. The minimum Gasteiger partial charge on any atom is -0.467 e. The van der Waals surface area contributed by atoms with Crippen LogP contribution in [-0.2, 0) is 24.5 Å². The van der Waals surface area contributed by atoms with Gasteiger partial charge in [-0.05, 0) is 25.3 Å². The molecule has 1 aliphatic carbocycles. The molecule has 1 atom stereocenters. The van der Waals surface area contributed by atoms with Gasteiger partial charge in [-0.2, -0.15) is 0 Å². The molecule has 0 spiro atoms. The average molecular weight is 307 g/mol. The van der Waals surface area contributed by atoms with Gasteiger partial charge in [-0.25, -0.2) is 4.79 Å². The number of amides is 1. The van der Waals surface area contributed by atoms with Crippen LogP contribution >= 0.6 is 0 Å². The molecular weight excluding hydrogens is 282 g/mol. The maximum atomic E-state index is 12.6. The van der Waals surface area contributed by atoms with E-state index in [1.54, 1.807) is 28.2 Å². The molecule has 1 amide bonds. The van der Waals surface area contributed by atoms with E-state index in [0.29, 0.717) is 0 Å². The number of nitrogens with zero attached hydrogens (tertiary/aromatic N) is 1. The van der Waals surface area contributed by atoms with E-state index < -0.39 is 11.5 Å². The lowest BCUT2D eigenvalue weighted by Gasteiger charge is -2.27. The smallest absolute Gasteiger partial charge is 0.328 e. The molecule has 0 aromatic heterocycles. The molecule has 22 heavy (non-hydrogen) atoms. The first kappa shape index (κ1) is 18.2. The van der Waals surface area contributed by atoms with Gasteiger partial charge in [-0.3, -0.25) is 4.79 Å². The van der Waals surface area contributed by atoms with E-state index in [1.165, 1.54) is 12.0 Å². The normalized spacial score (nSPS) is 15.9. The minimum atomic E-state index is -0.557. The Morgan fingerprint density at radius 2 is 1.64 bits per heavy atom. The summed E-state index contributed by atoms with van der Waals surface area (Å²) in [5.41, 5.74) is 0.599. The van der Waals surface area contributed by atoms with Crippen molar-refractivity contribution in [2.45, 2.75) is 31.2 Å². The number of benzene rings is 1. The highest BCUT2D eigenvalue weighted by Crippen LogP contribution is 2.49. The van der Waals surface area contributed by atoms with Gasteiger partial charge >= 0.3 is 5.97 Å². The van der Waals surface area contributed by atoms with E-state index in [-0.39, 0.29) is 11.9 Å². The van der Waals surface area contributed by atoms with Crippen LogP contribution in [0.3, 0.4) is 0 Å². The van der Waals surface area contributed by atoms with Crippen LogP contribution < -0.4 is 0 Å². The molecule has 1 fully saturated rings. The molecule has 1 aromatic carbocycles. The predicted molar refractivity (Wildman–Crippen MR) is 84.5 cm³/mol. The van der Waals surface area contributed by atoms with Crippen LogP contribution in [0.4, 0.5) is 0 Å². The van der Waals surface area contributed by atoms with Gasteiger partial charge in [0.15, 0.2) is 0 Å². The minimum absolute atomic E-state index is 0.00315. The maximum Gasteiger partial charge on any atom is 0.328 e. The van der Waals surface area contributed by atoms with E-state index in [9.17, 15) is 9.59 Å². The molecule has 1 saturated carbocycles. The molecule has 0 radical (unpaired) electrons. The Bertz CT molecular complexity index is 497. The van der Waals surface area contributed by atoms with Gasteiger partial charge in [-0.15, -0.1) is 0 Å². The Kier molecular flexibility index (Phi) is 6.56. The lowest BCUT2D eigenvalue weighted by molar-refractivity contribution is -0.151. The zero-order valence-electron chi connectivity index (χ0n) is 14.0. The first-order valence-electron chi connectivity index (χ1n) is 7.25. The number of methoxy groups -OCH3 is 2. The molecule has 5 heteroatoms. The molecule has 5 nitrogen and oxygen atoms in total. The van der Waals surface area contributed by atoms with E-state index in [2.05, 4.69) is 9.47 Å². The van der Waals surface area contributed by atoms with Crippen molar-refractivity contribution < 1.29 is 19.1 Å². The third kappa shape index (κ3) is 3.85. The van der Waals surface area contributed by atoms with E-state index in [1.807, 2.05) is 30.3 Å². The zero-order valence-corrected chi connectivity index (χ0v) is 14.0. The van der Waals surface area contributed by atoms with Crippen LogP contribution in [0.2, 0.25) is 0 Å². The number of carbonyl (C=O) groups excluding carboxylic acids is 2. The Labute approximate surface area is 132 Å². The molecule has 1 aromatic rings. The van der Waals surface area contributed by atoms with Gasteiger partial charge in [0.25, 0.3) is 0 Å². The molecule has 1 aliphatic rings. The first-order chi connectivity index (χ1) is 10.4. The second-order valence-electron chi connectivity index (χ2n) is 5.47. The molecule has 0 aliphatic heterocycles. The summed E-state index contributed by atoms with van der Waals surface area (Å²) in [7, 11) is 6.24. The second-order valence-corrected chi connectivity index (χ2v) is 5.47. The largest absolute Gasteiger partial charge is 0.467 e. The summed E-state index contributed by atoms with van der Waals surface area (Å²) < 4.78 is 8.94. The van der Waals surface area contributed by atoms with Crippen molar-refractivity contribution in [1.29, 1.82) is 0 Å². The highest BCUT2D eigenvalue weighted by Gasteiger charge is 2.53. The number of hydrogen-bond donors (Lipinski definition) is 0. The standard InChI is InChI=1S/C15H19NO3.C2H6O/c1-11(13(17)19-3)16(2)14(18)15(9-10-15)12-7-5-4-6-8-12;1-3-2/h4-8,11H,9-10H2,1-3H3;1-2H3/t11-;/m1./s1. The Morgan fingerprint density at radius 1 is 1.14 bits per heavy atom. The quantitative estimate of drug-likeness (QED) is 0.798. The summed E-state index contributed by atoms with van der Waals surface area (Å²) in [6.45, 7) is 1.69. The van der Waals surface area contributed by atoms with Crippen molar-refractivity contribution in [2.24, 2.45) is 0 Å². The third-order valence-electron chi connectivity index (χ3n) is 3.93. The second kappa shape index (κ2) is 7.94. The van der Waals surface area contributed by atoms with Crippen LogP contribution in [0.1, 0.15) is 25.3 Å². The van der Waals surface area contributed by atoms with Crippen LogP contribution in [0, 0.1) is 0 Å². The maximum absolute atomic E-state index is 12.6. The Balaban J connectivity index is 0.000000745. The summed E-state index contributed by atoms with van der Waals surface area (Å²) in [5.74, 6) is -0.392. The molecule has 0 saturated heterocycles. The van der Waals surface area contributed by atoms with Gasteiger partial charge in [0, 0.05) is 21.3 Å². The van der Waals surface area contributed by atoms with Crippen molar-refractivity contribution in [2.75, 3.05) is 28.4 Å². The molecule has 0 heterocycles. The third-order valence-corrected chi connectivity index (χ3v) is 3.93. The molecule has 2 rings (SSSR count). The Hall–Kier alpha value is -1.88. The summed E-state index contributed by atoms with van der Waals surface area (Å²) in [5, 5.41) is 0. The van der Waals surface area contributed by atoms with Crippen molar-refractivity contribution >= 4 is 11.9 Å². The van der Waals surface area contributed by atoms with Crippen molar-refractivity contribution in [3.8, 4) is 0 Å². The average Bonchev–Trinajstić information content (AvgIpc) is 3.35. The SMILES string of the molecule is COC.COC(=O)[C@@H](C)N(C)C(=O)C1(c2ccccc2)CC1. The Morgan fingerprint density at radius 3 is 2.05 bits per heavy atom. The monoisotopic (exact) mass is 307 g/mol. The number of rotatable bonds is 4. The summed E-state index contributed by atoms with van der Waals surface area (Å²) in [6.07, 6.45) is 1.68. The van der Waals surface area contributed by atoms with Crippen molar-refractivity contribution in [3.63, 3.8) is 0 Å². The lowest BCUT2D eigenvalue weighted by atomic mass is 9.94. The van der Waals surface area contributed by atoms with E-state index in [4.69, 9.17) is 0 Å². The highest BCUT2D eigenvalue weighted by molar-refractivity contribution is 5.94. The van der Waals surface area contributed by atoms with Crippen LogP contribution in [0.5, 0.6) is 0 Å². The fraction of sp³-hybridized carbons (Fsp3) is 0.529.